The fourth-order valence-electron chi connectivity index (χ4n) is 3.72. The van der Waals surface area contributed by atoms with Crippen LogP contribution in [0.3, 0.4) is 0 Å². The molecule has 0 spiro atoms. The molecule has 0 bridgehead atoms. The molecule has 6 nitrogen and oxygen atoms in total. The van der Waals surface area contributed by atoms with Crippen LogP contribution in [-0.4, -0.2) is 30.1 Å². The minimum atomic E-state index is -4.40. The normalized spacial score (nSPS) is 19.3. The van der Waals surface area contributed by atoms with Gasteiger partial charge in [0.05, 0.1) is 20.3 Å². The van der Waals surface area contributed by atoms with E-state index >= 15 is 0 Å². The standard InChI is InChI=1S/C21H26FO6P/c1-26-21-9-3-15(13-20(21)22)10-11-27-19-7-5-17(6-8-19)18-4-2-16(12-18)14-28-29(23,24)25/h3,5-9,13,16,18H,2,4,10-12,14H2,1H3,(H2,23,24,25)/t16-,18+/m0/s1. The maximum Gasteiger partial charge on any atom is 0.469 e. The summed E-state index contributed by atoms with van der Waals surface area (Å²) in [5, 5.41) is 0. The van der Waals surface area contributed by atoms with Gasteiger partial charge in [-0.2, -0.15) is 0 Å². The monoisotopic (exact) mass is 424 g/mol. The Morgan fingerprint density at radius 2 is 1.90 bits per heavy atom. The Morgan fingerprint density at radius 3 is 2.55 bits per heavy atom. The van der Waals surface area contributed by atoms with Crippen LogP contribution in [0.5, 0.6) is 11.5 Å². The number of phosphoric ester groups is 1. The number of phosphoric acid groups is 1. The average molecular weight is 424 g/mol. The summed E-state index contributed by atoms with van der Waals surface area (Å²) in [6.45, 7) is 0.532. The van der Waals surface area contributed by atoms with E-state index in [9.17, 15) is 8.96 Å². The Hall–Kier alpha value is -1.92. The fourth-order valence-corrected chi connectivity index (χ4v) is 4.12. The molecule has 0 aliphatic heterocycles. The molecule has 2 aromatic carbocycles. The molecular weight excluding hydrogens is 398 g/mol. The molecule has 158 valence electrons. The summed E-state index contributed by atoms with van der Waals surface area (Å²) in [7, 11) is -2.96. The number of hydrogen-bond acceptors (Lipinski definition) is 4. The second-order valence-electron chi connectivity index (χ2n) is 7.30. The number of ether oxygens (including phenoxy) is 2. The number of methoxy groups -OCH3 is 1. The lowest BCUT2D eigenvalue weighted by atomic mass is 9.96. The van der Waals surface area contributed by atoms with Crippen LogP contribution in [0.2, 0.25) is 0 Å². The second-order valence-corrected chi connectivity index (χ2v) is 8.54. The molecule has 1 aliphatic carbocycles. The van der Waals surface area contributed by atoms with Crippen LogP contribution >= 0.6 is 7.82 Å². The molecule has 0 heterocycles. The van der Waals surface area contributed by atoms with Gasteiger partial charge in [-0.05, 0) is 66.5 Å². The first-order valence-electron chi connectivity index (χ1n) is 9.59. The predicted molar refractivity (Wildman–Crippen MR) is 107 cm³/mol. The Labute approximate surface area is 169 Å². The molecule has 2 aromatic rings. The molecule has 1 fully saturated rings. The van der Waals surface area contributed by atoms with E-state index in [2.05, 4.69) is 4.52 Å². The van der Waals surface area contributed by atoms with Crippen molar-refractivity contribution in [2.24, 2.45) is 5.92 Å². The van der Waals surface area contributed by atoms with Crippen LogP contribution in [0.4, 0.5) is 4.39 Å². The van der Waals surface area contributed by atoms with Gasteiger partial charge in [-0.1, -0.05) is 18.2 Å². The molecule has 29 heavy (non-hydrogen) atoms. The van der Waals surface area contributed by atoms with E-state index in [1.54, 1.807) is 6.07 Å². The minimum Gasteiger partial charge on any atom is -0.494 e. The van der Waals surface area contributed by atoms with Gasteiger partial charge in [0.1, 0.15) is 5.75 Å². The molecule has 0 amide bonds. The van der Waals surface area contributed by atoms with Crippen molar-refractivity contribution in [3.05, 3.63) is 59.4 Å². The highest BCUT2D eigenvalue weighted by molar-refractivity contribution is 7.46. The van der Waals surface area contributed by atoms with Crippen molar-refractivity contribution in [2.75, 3.05) is 20.3 Å². The molecule has 1 saturated carbocycles. The summed E-state index contributed by atoms with van der Waals surface area (Å²) in [6.07, 6.45) is 3.30. The van der Waals surface area contributed by atoms with E-state index in [-0.39, 0.29) is 24.1 Å². The summed E-state index contributed by atoms with van der Waals surface area (Å²) in [5.74, 6) is 1.12. The van der Waals surface area contributed by atoms with Gasteiger partial charge in [0.25, 0.3) is 0 Å². The fraction of sp³-hybridized carbons (Fsp3) is 0.429. The minimum absolute atomic E-state index is 0.0912. The predicted octanol–water partition coefficient (Wildman–Crippen LogP) is 4.45. The zero-order valence-corrected chi connectivity index (χ0v) is 17.2. The van der Waals surface area contributed by atoms with Gasteiger partial charge in [-0.3, -0.25) is 4.52 Å². The summed E-state index contributed by atoms with van der Waals surface area (Å²) in [6, 6.07) is 12.8. The third-order valence-corrected chi connectivity index (χ3v) is 5.73. The molecule has 2 atom stereocenters. The Bertz CT molecular complexity index is 851. The molecule has 0 radical (unpaired) electrons. The van der Waals surface area contributed by atoms with Gasteiger partial charge >= 0.3 is 7.82 Å². The van der Waals surface area contributed by atoms with Crippen LogP contribution in [0.25, 0.3) is 0 Å². The van der Waals surface area contributed by atoms with Crippen molar-refractivity contribution >= 4 is 7.82 Å². The zero-order valence-electron chi connectivity index (χ0n) is 16.3. The van der Waals surface area contributed by atoms with E-state index < -0.39 is 7.82 Å². The van der Waals surface area contributed by atoms with Crippen LogP contribution in [0.15, 0.2) is 42.5 Å². The Morgan fingerprint density at radius 1 is 1.14 bits per heavy atom. The van der Waals surface area contributed by atoms with Gasteiger partial charge in [-0.15, -0.1) is 0 Å². The number of halogens is 1. The van der Waals surface area contributed by atoms with E-state index in [0.717, 1.165) is 30.6 Å². The van der Waals surface area contributed by atoms with Gasteiger partial charge in [0.15, 0.2) is 11.6 Å². The van der Waals surface area contributed by atoms with Crippen molar-refractivity contribution < 1.29 is 32.7 Å². The third kappa shape index (κ3) is 6.54. The van der Waals surface area contributed by atoms with E-state index in [4.69, 9.17) is 19.3 Å². The van der Waals surface area contributed by atoms with Crippen molar-refractivity contribution in [3.8, 4) is 11.5 Å². The molecule has 2 N–H and O–H groups in total. The summed E-state index contributed by atoms with van der Waals surface area (Å²) in [4.78, 5) is 17.6. The lowest BCUT2D eigenvalue weighted by molar-refractivity contribution is 0.168. The van der Waals surface area contributed by atoms with Crippen LogP contribution in [-0.2, 0) is 15.5 Å². The van der Waals surface area contributed by atoms with E-state index in [1.165, 1.54) is 18.7 Å². The van der Waals surface area contributed by atoms with Crippen molar-refractivity contribution in [1.29, 1.82) is 0 Å². The number of benzene rings is 2. The van der Waals surface area contributed by atoms with Gasteiger partial charge in [-0.25, -0.2) is 8.96 Å². The Kier molecular flexibility index (Phi) is 7.30. The maximum absolute atomic E-state index is 13.7. The lowest BCUT2D eigenvalue weighted by Gasteiger charge is -2.13. The molecule has 0 aromatic heterocycles. The highest BCUT2D eigenvalue weighted by Crippen LogP contribution is 2.42. The van der Waals surface area contributed by atoms with Gasteiger partial charge in [0, 0.05) is 6.42 Å². The molecule has 3 rings (SSSR count). The molecular formula is C21H26FO6P. The summed E-state index contributed by atoms with van der Waals surface area (Å²) >= 11 is 0. The van der Waals surface area contributed by atoms with Gasteiger partial charge < -0.3 is 19.3 Å². The quantitative estimate of drug-likeness (QED) is 0.579. The first-order valence-corrected chi connectivity index (χ1v) is 11.1. The topological polar surface area (TPSA) is 85.2 Å². The Balaban J connectivity index is 1.45. The van der Waals surface area contributed by atoms with Crippen molar-refractivity contribution in [3.63, 3.8) is 0 Å². The maximum atomic E-state index is 13.7. The first kappa shape index (κ1) is 21.8. The van der Waals surface area contributed by atoms with Crippen LogP contribution in [0.1, 0.15) is 36.3 Å². The zero-order chi connectivity index (χ0) is 20.9. The average Bonchev–Trinajstić information content (AvgIpc) is 3.16. The van der Waals surface area contributed by atoms with Gasteiger partial charge in [0.2, 0.25) is 0 Å². The number of hydrogen-bond donors (Lipinski definition) is 2. The largest absolute Gasteiger partial charge is 0.494 e. The molecule has 1 aliphatic rings. The van der Waals surface area contributed by atoms with Crippen LogP contribution < -0.4 is 9.47 Å². The first-order chi connectivity index (χ1) is 13.8. The highest BCUT2D eigenvalue weighted by Gasteiger charge is 2.28. The highest BCUT2D eigenvalue weighted by atomic mass is 31.2. The third-order valence-electron chi connectivity index (χ3n) is 5.25. The number of rotatable bonds is 9. The SMILES string of the molecule is COc1ccc(CCOc2ccc([C@@H]3CC[C@H](COP(=O)(O)O)C3)cc2)cc1F. The summed E-state index contributed by atoms with van der Waals surface area (Å²) in [5.41, 5.74) is 2.03. The molecule has 0 unspecified atom stereocenters. The lowest BCUT2D eigenvalue weighted by Crippen LogP contribution is -2.05. The molecule has 8 heteroatoms. The van der Waals surface area contributed by atoms with Crippen molar-refractivity contribution in [1.82, 2.24) is 0 Å². The summed E-state index contributed by atoms with van der Waals surface area (Å²) < 4.78 is 39.9. The second kappa shape index (κ2) is 9.72. The van der Waals surface area contributed by atoms with E-state index in [1.807, 2.05) is 30.3 Å². The van der Waals surface area contributed by atoms with E-state index in [0.29, 0.717) is 18.9 Å². The smallest absolute Gasteiger partial charge is 0.469 e. The van der Waals surface area contributed by atoms with Crippen LogP contribution in [0, 0.1) is 11.7 Å². The van der Waals surface area contributed by atoms with Crippen molar-refractivity contribution in [2.45, 2.75) is 31.6 Å². The molecule has 0 saturated heterocycles.